The van der Waals surface area contributed by atoms with Crippen molar-refractivity contribution in [3.8, 4) is 0 Å². The van der Waals surface area contributed by atoms with Gasteiger partial charge in [-0.2, -0.15) is 0 Å². The molecule has 0 saturated carbocycles. The number of fused-ring (bicyclic) bond motifs is 1. The number of hydrogen-bond donors (Lipinski definition) is 1. The van der Waals surface area contributed by atoms with Gasteiger partial charge in [0.2, 0.25) is 0 Å². The molecular weight excluding hydrogens is 240 g/mol. The van der Waals surface area contributed by atoms with Gasteiger partial charge in [0.25, 0.3) is 0 Å². The van der Waals surface area contributed by atoms with E-state index in [1.165, 1.54) is 0 Å². The van der Waals surface area contributed by atoms with Gasteiger partial charge in [0.15, 0.2) is 17.9 Å². The monoisotopic (exact) mass is 260 g/mol. The van der Waals surface area contributed by atoms with Crippen LogP contribution < -0.4 is 0 Å². The molecule has 0 aromatic carbocycles. The number of aliphatic hydroxyl groups is 1. The van der Waals surface area contributed by atoms with E-state index >= 15 is 0 Å². The van der Waals surface area contributed by atoms with Crippen molar-refractivity contribution in [1.82, 2.24) is 0 Å². The summed E-state index contributed by atoms with van der Waals surface area (Å²) in [5.41, 5.74) is 0. The Balaban J connectivity index is 1.75. The third-order valence-corrected chi connectivity index (χ3v) is 3.46. The molecule has 104 valence electrons. The molecule has 0 aromatic heterocycles. The summed E-state index contributed by atoms with van der Waals surface area (Å²) in [5, 5.41) is 9.87. The molecule has 0 amide bonds. The molecule has 0 aliphatic carbocycles. The zero-order valence-corrected chi connectivity index (χ0v) is 11.1. The zero-order valence-electron chi connectivity index (χ0n) is 11.1. The molecule has 0 unspecified atom stereocenters. The summed E-state index contributed by atoms with van der Waals surface area (Å²) in [5.74, 6) is -1.32. The van der Waals surface area contributed by atoms with Crippen molar-refractivity contribution in [3.05, 3.63) is 0 Å². The third kappa shape index (κ3) is 2.07. The van der Waals surface area contributed by atoms with Crippen molar-refractivity contribution >= 4 is 0 Å². The first-order chi connectivity index (χ1) is 8.27. The Labute approximate surface area is 106 Å². The van der Waals surface area contributed by atoms with Gasteiger partial charge in [0, 0.05) is 0 Å². The van der Waals surface area contributed by atoms with Crippen LogP contribution >= 0.6 is 0 Å². The predicted octanol–water partition coefficient (Wildman–Crippen LogP) is 0.375. The Morgan fingerprint density at radius 3 is 2.17 bits per heavy atom. The van der Waals surface area contributed by atoms with Crippen LogP contribution in [0.25, 0.3) is 0 Å². The van der Waals surface area contributed by atoms with E-state index in [1.54, 1.807) is 0 Å². The summed E-state index contributed by atoms with van der Waals surface area (Å²) in [6.07, 6.45) is -2.38. The van der Waals surface area contributed by atoms with E-state index in [0.717, 1.165) is 0 Å². The summed E-state index contributed by atoms with van der Waals surface area (Å²) in [6, 6.07) is 0. The normalized spacial score (nSPS) is 49.5. The lowest BCUT2D eigenvalue weighted by atomic mass is 10.1. The number of hydrogen-bond acceptors (Lipinski definition) is 6. The second-order valence-electron chi connectivity index (χ2n) is 5.92. The van der Waals surface area contributed by atoms with Gasteiger partial charge < -0.3 is 28.8 Å². The lowest BCUT2D eigenvalue weighted by Crippen LogP contribution is -2.40. The van der Waals surface area contributed by atoms with Crippen LogP contribution in [-0.4, -0.2) is 54.0 Å². The van der Waals surface area contributed by atoms with E-state index in [-0.39, 0.29) is 18.3 Å². The smallest absolute Gasteiger partial charge is 0.184 e. The fourth-order valence-electron chi connectivity index (χ4n) is 2.78. The van der Waals surface area contributed by atoms with Crippen molar-refractivity contribution in [2.45, 2.75) is 70.0 Å². The minimum Gasteiger partial charge on any atom is -0.366 e. The van der Waals surface area contributed by atoms with Crippen molar-refractivity contribution in [2.24, 2.45) is 0 Å². The molecular formula is C12H20O6. The van der Waals surface area contributed by atoms with Crippen molar-refractivity contribution < 1.29 is 28.8 Å². The molecule has 18 heavy (non-hydrogen) atoms. The maximum Gasteiger partial charge on any atom is 0.184 e. The second-order valence-corrected chi connectivity index (χ2v) is 5.92. The van der Waals surface area contributed by atoms with Crippen LogP contribution in [0.3, 0.4) is 0 Å². The first-order valence-electron chi connectivity index (χ1n) is 6.28. The maximum absolute atomic E-state index is 9.87. The Morgan fingerprint density at radius 2 is 1.56 bits per heavy atom. The largest absolute Gasteiger partial charge is 0.366 e. The molecule has 0 bridgehead atoms. The van der Waals surface area contributed by atoms with Gasteiger partial charge in [-0.25, -0.2) is 0 Å². The van der Waals surface area contributed by atoms with E-state index in [1.807, 2.05) is 27.7 Å². The SMILES string of the molecule is CC1(C)O[C@@H]2[C@@H](O1)[C@H](O)O[C@@H]2[C@H]1COC(C)(C)O1. The van der Waals surface area contributed by atoms with Crippen molar-refractivity contribution in [2.75, 3.05) is 6.61 Å². The molecule has 0 spiro atoms. The summed E-state index contributed by atoms with van der Waals surface area (Å²) in [4.78, 5) is 0. The standard InChI is InChI=1S/C12H20O6/c1-11(2)14-5-6(16-11)7-8-9(10(13)15-7)18-12(3,4)17-8/h6-10,13H,5H2,1-4H3/t6-,7-,8+,9-,10-/m1/s1. The predicted molar refractivity (Wildman–Crippen MR) is 59.6 cm³/mol. The van der Waals surface area contributed by atoms with E-state index < -0.39 is 24.0 Å². The fourth-order valence-corrected chi connectivity index (χ4v) is 2.78. The van der Waals surface area contributed by atoms with Gasteiger partial charge >= 0.3 is 0 Å². The van der Waals surface area contributed by atoms with Crippen LogP contribution in [0.5, 0.6) is 0 Å². The van der Waals surface area contributed by atoms with Crippen molar-refractivity contribution in [3.63, 3.8) is 0 Å². The van der Waals surface area contributed by atoms with E-state index in [2.05, 4.69) is 0 Å². The molecule has 3 aliphatic rings. The molecule has 1 N–H and O–H groups in total. The summed E-state index contributed by atoms with van der Waals surface area (Å²) in [7, 11) is 0. The molecule has 3 fully saturated rings. The van der Waals surface area contributed by atoms with Gasteiger partial charge in [-0.05, 0) is 27.7 Å². The Kier molecular flexibility index (Phi) is 2.75. The molecule has 0 aromatic rings. The third-order valence-electron chi connectivity index (χ3n) is 3.46. The summed E-state index contributed by atoms with van der Waals surface area (Å²) < 4.78 is 28.2. The van der Waals surface area contributed by atoms with Crippen molar-refractivity contribution in [1.29, 1.82) is 0 Å². The average molecular weight is 260 g/mol. The summed E-state index contributed by atoms with van der Waals surface area (Å²) >= 11 is 0. The quantitative estimate of drug-likeness (QED) is 0.735. The van der Waals surface area contributed by atoms with Crippen LogP contribution in [0, 0.1) is 0 Å². The highest BCUT2D eigenvalue weighted by Crippen LogP contribution is 2.41. The highest BCUT2D eigenvalue weighted by molar-refractivity contribution is 4.99. The second kappa shape index (κ2) is 3.88. The highest BCUT2D eigenvalue weighted by atomic mass is 16.8. The van der Waals surface area contributed by atoms with Gasteiger partial charge in [0.1, 0.15) is 24.4 Å². The zero-order chi connectivity index (χ0) is 13.1. The molecule has 3 saturated heterocycles. The molecule has 3 rings (SSSR count). The minimum absolute atomic E-state index is 0.248. The Bertz CT molecular complexity index is 341. The van der Waals surface area contributed by atoms with Crippen LogP contribution in [0.1, 0.15) is 27.7 Å². The Morgan fingerprint density at radius 1 is 0.889 bits per heavy atom. The summed E-state index contributed by atoms with van der Waals surface area (Å²) in [6.45, 7) is 7.78. The number of ether oxygens (including phenoxy) is 5. The number of rotatable bonds is 1. The van der Waals surface area contributed by atoms with Crippen LogP contribution in [-0.2, 0) is 23.7 Å². The van der Waals surface area contributed by atoms with Gasteiger partial charge in [0.05, 0.1) is 6.61 Å². The molecule has 0 radical (unpaired) electrons. The Hall–Kier alpha value is -0.240. The average Bonchev–Trinajstić information content (AvgIpc) is 2.81. The van der Waals surface area contributed by atoms with Crippen LogP contribution in [0.15, 0.2) is 0 Å². The van der Waals surface area contributed by atoms with Crippen LogP contribution in [0.4, 0.5) is 0 Å². The molecule has 6 nitrogen and oxygen atoms in total. The van der Waals surface area contributed by atoms with Gasteiger partial charge in [-0.3, -0.25) is 0 Å². The lowest BCUT2D eigenvalue weighted by Gasteiger charge is -2.26. The first-order valence-corrected chi connectivity index (χ1v) is 6.28. The maximum atomic E-state index is 9.87. The first kappa shape index (κ1) is 12.8. The van der Waals surface area contributed by atoms with Crippen LogP contribution in [0.2, 0.25) is 0 Å². The molecule has 3 heterocycles. The fraction of sp³-hybridized carbons (Fsp3) is 1.00. The van der Waals surface area contributed by atoms with E-state index in [4.69, 9.17) is 23.7 Å². The topological polar surface area (TPSA) is 66.4 Å². The highest BCUT2D eigenvalue weighted by Gasteiger charge is 2.58. The minimum atomic E-state index is -0.978. The van der Waals surface area contributed by atoms with E-state index in [0.29, 0.717) is 6.61 Å². The number of aliphatic hydroxyl groups excluding tert-OH is 1. The van der Waals surface area contributed by atoms with Gasteiger partial charge in [-0.1, -0.05) is 0 Å². The van der Waals surface area contributed by atoms with Gasteiger partial charge in [-0.15, -0.1) is 0 Å². The van der Waals surface area contributed by atoms with E-state index in [9.17, 15) is 5.11 Å². The molecule has 5 atom stereocenters. The lowest BCUT2D eigenvalue weighted by molar-refractivity contribution is -0.236. The molecule has 3 aliphatic heterocycles. The molecule has 6 heteroatoms.